The van der Waals surface area contributed by atoms with Crippen LogP contribution in [-0.4, -0.2) is 38.6 Å². The average molecular weight is 328 g/mol. The summed E-state index contributed by atoms with van der Waals surface area (Å²) in [6.07, 6.45) is 0. The second kappa shape index (κ2) is 5.70. The number of rotatable bonds is 5. The van der Waals surface area contributed by atoms with Crippen LogP contribution in [0.25, 0.3) is 0 Å². The van der Waals surface area contributed by atoms with Crippen LogP contribution in [0.5, 0.6) is 5.75 Å². The van der Waals surface area contributed by atoms with Crippen molar-refractivity contribution in [1.29, 1.82) is 0 Å². The Morgan fingerprint density at radius 1 is 1.38 bits per heavy atom. The van der Waals surface area contributed by atoms with E-state index < -0.39 is 21.7 Å². The van der Waals surface area contributed by atoms with Gasteiger partial charge in [0, 0.05) is 7.05 Å². The minimum Gasteiger partial charge on any atom is -0.495 e. The van der Waals surface area contributed by atoms with Crippen LogP contribution in [0.1, 0.15) is 10.5 Å². The number of benzene rings is 1. The first kappa shape index (κ1) is 15.3. The molecule has 2 rings (SSSR count). The predicted molar refractivity (Wildman–Crippen MR) is 77.7 cm³/mol. The Hall–Kier alpha value is -2.13. The zero-order valence-corrected chi connectivity index (χ0v) is 12.8. The third kappa shape index (κ3) is 2.69. The van der Waals surface area contributed by atoms with Crippen LogP contribution in [0.3, 0.4) is 0 Å². The number of anilines is 1. The van der Waals surface area contributed by atoms with Gasteiger partial charge in [-0.2, -0.15) is 0 Å². The van der Waals surface area contributed by atoms with E-state index in [0.29, 0.717) is 11.4 Å². The molecule has 0 radical (unpaired) electrons. The van der Waals surface area contributed by atoms with E-state index in [-0.39, 0.29) is 4.21 Å². The summed E-state index contributed by atoms with van der Waals surface area (Å²) in [4.78, 5) is 14.6. The van der Waals surface area contributed by atoms with E-state index in [1.165, 1.54) is 19.7 Å². The SMILES string of the molecule is COc1ccccc1N(C)S(=O)(=O)c1scnc1C(=O)O. The Morgan fingerprint density at radius 2 is 2.05 bits per heavy atom. The molecule has 1 N–H and O–H groups in total. The summed E-state index contributed by atoms with van der Waals surface area (Å²) in [7, 11) is -1.27. The molecule has 0 aliphatic carbocycles. The molecular formula is C12H12N2O5S2. The van der Waals surface area contributed by atoms with Crippen LogP contribution in [0.2, 0.25) is 0 Å². The molecule has 9 heteroatoms. The summed E-state index contributed by atoms with van der Waals surface area (Å²) in [6, 6.07) is 6.55. The predicted octanol–water partition coefficient (Wildman–Crippen LogP) is 1.68. The Balaban J connectivity index is 2.53. The van der Waals surface area contributed by atoms with E-state index in [2.05, 4.69) is 4.98 Å². The first-order valence-electron chi connectivity index (χ1n) is 5.68. The van der Waals surface area contributed by atoms with Crippen molar-refractivity contribution >= 4 is 33.0 Å². The molecule has 0 spiro atoms. The van der Waals surface area contributed by atoms with Gasteiger partial charge in [0.1, 0.15) is 5.75 Å². The van der Waals surface area contributed by atoms with Gasteiger partial charge in [-0.1, -0.05) is 12.1 Å². The normalized spacial score (nSPS) is 11.1. The van der Waals surface area contributed by atoms with Gasteiger partial charge >= 0.3 is 5.97 Å². The van der Waals surface area contributed by atoms with Crippen molar-refractivity contribution in [3.05, 3.63) is 35.5 Å². The summed E-state index contributed by atoms with van der Waals surface area (Å²) in [5.41, 5.74) is 1.01. The van der Waals surface area contributed by atoms with Gasteiger partial charge in [0.05, 0.1) is 18.3 Å². The second-order valence-corrected chi connectivity index (χ2v) is 6.96. The van der Waals surface area contributed by atoms with Crippen molar-refractivity contribution < 1.29 is 23.1 Å². The van der Waals surface area contributed by atoms with Gasteiger partial charge in [0.15, 0.2) is 9.90 Å². The van der Waals surface area contributed by atoms with Crippen LogP contribution in [0.15, 0.2) is 34.0 Å². The maximum atomic E-state index is 12.6. The number of para-hydroxylation sites is 2. The monoisotopic (exact) mass is 328 g/mol. The quantitative estimate of drug-likeness (QED) is 0.897. The van der Waals surface area contributed by atoms with Gasteiger partial charge in [0.25, 0.3) is 10.0 Å². The lowest BCUT2D eigenvalue weighted by Gasteiger charge is -2.20. The van der Waals surface area contributed by atoms with Crippen LogP contribution >= 0.6 is 11.3 Å². The first-order valence-corrected chi connectivity index (χ1v) is 8.00. The molecule has 112 valence electrons. The van der Waals surface area contributed by atoms with Gasteiger partial charge in [0.2, 0.25) is 0 Å². The number of hydrogen-bond donors (Lipinski definition) is 1. The number of carboxylic acid groups (broad SMARTS) is 1. The van der Waals surface area contributed by atoms with Crippen molar-refractivity contribution in [1.82, 2.24) is 4.98 Å². The fourth-order valence-electron chi connectivity index (χ4n) is 1.70. The van der Waals surface area contributed by atoms with Gasteiger partial charge in [-0.15, -0.1) is 11.3 Å². The Labute approximate surface area is 125 Å². The zero-order chi connectivity index (χ0) is 15.6. The number of aromatic nitrogens is 1. The number of aromatic carboxylic acids is 1. The highest BCUT2D eigenvalue weighted by Crippen LogP contribution is 2.32. The Morgan fingerprint density at radius 3 is 2.67 bits per heavy atom. The molecule has 0 aliphatic rings. The van der Waals surface area contributed by atoms with Crippen LogP contribution in [0.4, 0.5) is 5.69 Å². The lowest BCUT2D eigenvalue weighted by molar-refractivity contribution is 0.0687. The number of thiazole rings is 1. The molecule has 21 heavy (non-hydrogen) atoms. The Kier molecular flexibility index (Phi) is 4.14. The molecule has 1 aromatic heterocycles. The van der Waals surface area contributed by atoms with Crippen LogP contribution in [0, 0.1) is 0 Å². The van der Waals surface area contributed by atoms with Crippen molar-refractivity contribution in [2.45, 2.75) is 4.21 Å². The summed E-state index contributed by atoms with van der Waals surface area (Å²) in [5.74, 6) is -1.02. The molecule has 0 amide bonds. The van der Waals surface area contributed by atoms with E-state index in [0.717, 1.165) is 15.6 Å². The fraction of sp³-hybridized carbons (Fsp3) is 0.167. The topological polar surface area (TPSA) is 96.8 Å². The van der Waals surface area contributed by atoms with Gasteiger partial charge < -0.3 is 9.84 Å². The highest BCUT2D eigenvalue weighted by Gasteiger charge is 2.31. The number of sulfonamides is 1. The number of carbonyl (C=O) groups is 1. The largest absolute Gasteiger partial charge is 0.495 e. The van der Waals surface area contributed by atoms with Crippen molar-refractivity contribution in [2.24, 2.45) is 0 Å². The van der Waals surface area contributed by atoms with Crippen LogP contribution in [-0.2, 0) is 10.0 Å². The maximum Gasteiger partial charge on any atom is 0.356 e. The van der Waals surface area contributed by atoms with E-state index in [4.69, 9.17) is 9.84 Å². The smallest absolute Gasteiger partial charge is 0.356 e. The van der Waals surface area contributed by atoms with Gasteiger partial charge in [-0.05, 0) is 12.1 Å². The highest BCUT2D eigenvalue weighted by molar-refractivity contribution is 7.94. The molecule has 0 saturated heterocycles. The minimum atomic E-state index is -4.03. The molecule has 0 atom stereocenters. The average Bonchev–Trinajstić information content (AvgIpc) is 2.96. The van der Waals surface area contributed by atoms with Crippen molar-refractivity contribution in [3.8, 4) is 5.75 Å². The summed E-state index contributed by atoms with van der Waals surface area (Å²) in [6.45, 7) is 0. The maximum absolute atomic E-state index is 12.6. The molecule has 0 unspecified atom stereocenters. The molecule has 1 heterocycles. The third-order valence-electron chi connectivity index (χ3n) is 2.76. The molecule has 0 fully saturated rings. The summed E-state index contributed by atoms with van der Waals surface area (Å²) in [5, 5.41) is 9.01. The molecule has 0 bridgehead atoms. The van der Waals surface area contributed by atoms with E-state index in [1.54, 1.807) is 24.3 Å². The van der Waals surface area contributed by atoms with Gasteiger partial charge in [-0.3, -0.25) is 4.31 Å². The first-order chi connectivity index (χ1) is 9.89. The zero-order valence-electron chi connectivity index (χ0n) is 11.2. The van der Waals surface area contributed by atoms with E-state index >= 15 is 0 Å². The van der Waals surface area contributed by atoms with Crippen molar-refractivity contribution in [2.75, 3.05) is 18.5 Å². The Bertz CT molecular complexity index is 769. The highest BCUT2D eigenvalue weighted by atomic mass is 32.2. The molecule has 1 aromatic carbocycles. The number of carboxylic acids is 1. The number of hydrogen-bond acceptors (Lipinski definition) is 6. The fourth-order valence-corrected chi connectivity index (χ4v) is 4.20. The molecule has 0 aliphatic heterocycles. The molecule has 0 saturated carbocycles. The number of ether oxygens (including phenoxy) is 1. The second-order valence-electron chi connectivity index (χ2n) is 3.94. The lowest BCUT2D eigenvalue weighted by Crippen LogP contribution is -2.27. The van der Waals surface area contributed by atoms with E-state index in [1.807, 2.05) is 0 Å². The number of methoxy groups -OCH3 is 1. The molecular weight excluding hydrogens is 316 g/mol. The lowest BCUT2D eigenvalue weighted by atomic mass is 10.3. The standard InChI is InChI=1S/C12H12N2O5S2/c1-14(8-5-3-4-6-9(8)19-2)21(17,18)12-10(11(15)16)13-7-20-12/h3-7H,1-2H3,(H,15,16). The summed E-state index contributed by atoms with van der Waals surface area (Å²) >= 11 is 0.759. The molecule has 7 nitrogen and oxygen atoms in total. The number of nitrogens with zero attached hydrogens (tertiary/aromatic N) is 2. The third-order valence-corrected chi connectivity index (χ3v) is 5.88. The van der Waals surface area contributed by atoms with Crippen molar-refractivity contribution in [3.63, 3.8) is 0 Å². The van der Waals surface area contributed by atoms with Crippen LogP contribution < -0.4 is 9.04 Å². The minimum absolute atomic E-state index is 0.310. The van der Waals surface area contributed by atoms with Gasteiger partial charge in [-0.25, -0.2) is 18.2 Å². The molecule has 2 aromatic rings. The van der Waals surface area contributed by atoms with E-state index in [9.17, 15) is 13.2 Å². The summed E-state index contributed by atoms with van der Waals surface area (Å²) < 4.78 is 30.9.